The summed E-state index contributed by atoms with van der Waals surface area (Å²) in [5.74, 6) is 1.38. The molecule has 3 rings (SSSR count). The molecule has 0 radical (unpaired) electrons. The summed E-state index contributed by atoms with van der Waals surface area (Å²) in [6.07, 6.45) is 1.53. The predicted molar refractivity (Wildman–Crippen MR) is 102 cm³/mol. The molecule has 1 aliphatic heterocycles. The second-order valence-electron chi connectivity index (χ2n) is 6.18. The van der Waals surface area contributed by atoms with Gasteiger partial charge in [0.05, 0.1) is 13.2 Å². The minimum Gasteiger partial charge on any atom is -0.378 e. The van der Waals surface area contributed by atoms with E-state index in [9.17, 15) is 9.59 Å². The minimum atomic E-state index is -0.177. The number of nitrogens with one attached hydrogen (secondary N) is 2. The number of ether oxygens (including phenoxy) is 1. The Morgan fingerprint density at radius 1 is 1.07 bits per heavy atom. The van der Waals surface area contributed by atoms with E-state index in [1.165, 1.54) is 13.3 Å². The van der Waals surface area contributed by atoms with E-state index in [2.05, 4.69) is 25.5 Å². The van der Waals surface area contributed by atoms with Crippen LogP contribution in [0.1, 0.15) is 27.6 Å². The van der Waals surface area contributed by atoms with Gasteiger partial charge in [-0.2, -0.15) is 0 Å². The fourth-order valence-electron chi connectivity index (χ4n) is 2.73. The predicted octanol–water partition coefficient (Wildman–Crippen LogP) is 1.36. The number of ketones is 1. The maximum atomic E-state index is 12.1. The summed E-state index contributed by atoms with van der Waals surface area (Å²) < 4.78 is 5.35. The molecule has 1 amide bonds. The van der Waals surface area contributed by atoms with Crippen molar-refractivity contribution in [3.05, 3.63) is 47.8 Å². The SMILES string of the molecule is CC(=O)c1ccc(C(=O)NCCNc2cc(N3CCOCC3)ncn2)cc1. The topological polar surface area (TPSA) is 96.5 Å². The molecular formula is C19H23N5O3. The molecule has 0 unspecified atom stereocenters. The van der Waals surface area contributed by atoms with Crippen LogP contribution >= 0.6 is 0 Å². The van der Waals surface area contributed by atoms with Crippen molar-refractivity contribution in [3.8, 4) is 0 Å². The Labute approximate surface area is 158 Å². The minimum absolute atomic E-state index is 0.0209. The molecule has 2 N–H and O–H groups in total. The number of morpholine rings is 1. The van der Waals surface area contributed by atoms with Gasteiger partial charge in [-0.05, 0) is 19.1 Å². The van der Waals surface area contributed by atoms with E-state index in [-0.39, 0.29) is 11.7 Å². The molecule has 142 valence electrons. The highest BCUT2D eigenvalue weighted by Crippen LogP contribution is 2.15. The number of anilines is 2. The first-order valence-corrected chi connectivity index (χ1v) is 8.91. The van der Waals surface area contributed by atoms with Gasteiger partial charge in [0.1, 0.15) is 18.0 Å². The summed E-state index contributed by atoms with van der Waals surface area (Å²) in [5.41, 5.74) is 1.12. The normalized spacial score (nSPS) is 13.9. The van der Waals surface area contributed by atoms with Crippen LogP contribution in [0.4, 0.5) is 11.6 Å². The van der Waals surface area contributed by atoms with E-state index < -0.39 is 0 Å². The number of Topliss-reactive ketones (excluding diaryl/α,β-unsaturated/α-hetero) is 1. The zero-order chi connectivity index (χ0) is 19.1. The van der Waals surface area contributed by atoms with Crippen LogP contribution in [0.3, 0.4) is 0 Å². The molecule has 1 aromatic carbocycles. The molecule has 0 spiro atoms. The van der Waals surface area contributed by atoms with Gasteiger partial charge < -0.3 is 20.3 Å². The van der Waals surface area contributed by atoms with Gasteiger partial charge in [-0.15, -0.1) is 0 Å². The third-order valence-electron chi connectivity index (χ3n) is 4.26. The third-order valence-corrected chi connectivity index (χ3v) is 4.26. The first-order chi connectivity index (χ1) is 13.1. The number of carbonyl (C=O) groups is 2. The number of aromatic nitrogens is 2. The zero-order valence-corrected chi connectivity index (χ0v) is 15.3. The number of amides is 1. The summed E-state index contributed by atoms with van der Waals surface area (Å²) in [7, 11) is 0. The summed E-state index contributed by atoms with van der Waals surface area (Å²) in [6.45, 7) is 5.52. The van der Waals surface area contributed by atoms with Crippen LogP contribution in [-0.2, 0) is 4.74 Å². The molecule has 2 aromatic rings. The van der Waals surface area contributed by atoms with E-state index in [0.29, 0.717) is 43.2 Å². The van der Waals surface area contributed by atoms with Crippen molar-refractivity contribution >= 4 is 23.3 Å². The lowest BCUT2D eigenvalue weighted by atomic mass is 10.1. The van der Waals surface area contributed by atoms with Crippen LogP contribution in [0.5, 0.6) is 0 Å². The van der Waals surface area contributed by atoms with Crippen molar-refractivity contribution in [1.82, 2.24) is 15.3 Å². The first kappa shape index (κ1) is 18.8. The van der Waals surface area contributed by atoms with Gasteiger partial charge in [0.25, 0.3) is 5.91 Å². The summed E-state index contributed by atoms with van der Waals surface area (Å²) in [5, 5.41) is 6.03. The van der Waals surface area contributed by atoms with Gasteiger partial charge in [0.15, 0.2) is 5.78 Å². The summed E-state index contributed by atoms with van der Waals surface area (Å²) in [4.78, 5) is 34.1. The van der Waals surface area contributed by atoms with Crippen LogP contribution in [0.2, 0.25) is 0 Å². The second kappa shape index (κ2) is 9.09. The van der Waals surface area contributed by atoms with Gasteiger partial charge in [0.2, 0.25) is 0 Å². The Morgan fingerprint density at radius 3 is 2.48 bits per heavy atom. The van der Waals surface area contributed by atoms with Crippen LogP contribution in [0, 0.1) is 0 Å². The maximum Gasteiger partial charge on any atom is 0.251 e. The number of carbonyl (C=O) groups excluding carboxylic acids is 2. The Bertz CT molecular complexity index is 788. The first-order valence-electron chi connectivity index (χ1n) is 8.91. The van der Waals surface area contributed by atoms with Gasteiger partial charge in [-0.1, -0.05) is 12.1 Å². The number of benzene rings is 1. The maximum absolute atomic E-state index is 12.1. The van der Waals surface area contributed by atoms with Gasteiger partial charge in [-0.3, -0.25) is 9.59 Å². The molecule has 1 saturated heterocycles. The molecule has 1 aromatic heterocycles. The molecule has 1 aliphatic rings. The van der Waals surface area contributed by atoms with E-state index in [1.54, 1.807) is 24.3 Å². The van der Waals surface area contributed by atoms with Crippen LogP contribution < -0.4 is 15.5 Å². The Balaban J connectivity index is 1.45. The molecule has 8 nitrogen and oxygen atoms in total. The van der Waals surface area contributed by atoms with E-state index in [1.807, 2.05) is 6.07 Å². The largest absolute Gasteiger partial charge is 0.378 e. The highest BCUT2D eigenvalue weighted by molar-refractivity contribution is 5.97. The van der Waals surface area contributed by atoms with Gasteiger partial charge in [-0.25, -0.2) is 9.97 Å². The Kier molecular flexibility index (Phi) is 6.32. The van der Waals surface area contributed by atoms with E-state index in [4.69, 9.17) is 4.74 Å². The summed E-state index contributed by atoms with van der Waals surface area (Å²) >= 11 is 0. The standard InChI is InChI=1S/C19H23N5O3/c1-14(25)15-2-4-16(5-3-15)19(26)21-7-6-20-17-12-18(23-13-22-17)24-8-10-27-11-9-24/h2-5,12-13H,6-11H2,1H3,(H,21,26)(H,20,22,23). The number of nitrogens with zero attached hydrogens (tertiary/aromatic N) is 3. The van der Waals surface area contributed by atoms with Crippen LogP contribution in [0.25, 0.3) is 0 Å². The zero-order valence-electron chi connectivity index (χ0n) is 15.3. The van der Waals surface area contributed by atoms with Crippen molar-refractivity contribution in [2.75, 3.05) is 49.6 Å². The number of hydrogen-bond donors (Lipinski definition) is 2. The van der Waals surface area contributed by atoms with Gasteiger partial charge in [0, 0.05) is 43.4 Å². The van der Waals surface area contributed by atoms with Crippen LogP contribution in [0.15, 0.2) is 36.7 Å². The Morgan fingerprint density at radius 2 is 1.78 bits per heavy atom. The number of hydrogen-bond acceptors (Lipinski definition) is 7. The third kappa shape index (κ3) is 5.24. The van der Waals surface area contributed by atoms with Crippen molar-refractivity contribution < 1.29 is 14.3 Å². The Hall–Kier alpha value is -3.00. The quantitative estimate of drug-likeness (QED) is 0.562. The number of rotatable bonds is 7. The van der Waals surface area contributed by atoms with Crippen molar-refractivity contribution in [2.45, 2.75) is 6.92 Å². The molecule has 0 bridgehead atoms. The molecule has 2 heterocycles. The lowest BCUT2D eigenvalue weighted by Crippen LogP contribution is -2.36. The average Bonchev–Trinajstić information content (AvgIpc) is 2.72. The molecule has 1 fully saturated rings. The molecule has 8 heteroatoms. The second-order valence-corrected chi connectivity index (χ2v) is 6.18. The molecule has 0 saturated carbocycles. The lowest BCUT2D eigenvalue weighted by Gasteiger charge is -2.27. The lowest BCUT2D eigenvalue weighted by molar-refractivity contribution is 0.0953. The fraction of sp³-hybridized carbons (Fsp3) is 0.368. The van der Waals surface area contributed by atoms with Gasteiger partial charge >= 0.3 is 0 Å². The highest BCUT2D eigenvalue weighted by atomic mass is 16.5. The van der Waals surface area contributed by atoms with Crippen molar-refractivity contribution in [3.63, 3.8) is 0 Å². The fourth-order valence-corrected chi connectivity index (χ4v) is 2.73. The molecule has 0 aliphatic carbocycles. The van der Waals surface area contributed by atoms with E-state index in [0.717, 1.165) is 18.9 Å². The smallest absolute Gasteiger partial charge is 0.251 e. The summed E-state index contributed by atoms with van der Waals surface area (Å²) in [6, 6.07) is 8.51. The highest BCUT2D eigenvalue weighted by Gasteiger charge is 2.13. The average molecular weight is 369 g/mol. The van der Waals surface area contributed by atoms with Crippen LogP contribution in [-0.4, -0.2) is 61.1 Å². The molecular weight excluding hydrogens is 346 g/mol. The van der Waals surface area contributed by atoms with Crippen molar-refractivity contribution in [2.24, 2.45) is 0 Å². The van der Waals surface area contributed by atoms with Crippen molar-refractivity contribution in [1.29, 1.82) is 0 Å². The molecule has 27 heavy (non-hydrogen) atoms. The monoisotopic (exact) mass is 369 g/mol. The molecule has 0 atom stereocenters. The van der Waals surface area contributed by atoms with E-state index >= 15 is 0 Å².